The molecular formula is C21H21FN4O2. The van der Waals surface area contributed by atoms with E-state index in [1.165, 1.54) is 21.7 Å². The van der Waals surface area contributed by atoms with Gasteiger partial charge in [0.1, 0.15) is 11.6 Å². The molecule has 7 heteroatoms. The Morgan fingerprint density at radius 2 is 1.86 bits per heavy atom. The molecule has 0 saturated heterocycles. The summed E-state index contributed by atoms with van der Waals surface area (Å²) in [5.41, 5.74) is 1.59. The van der Waals surface area contributed by atoms with E-state index in [1.54, 1.807) is 32.2 Å². The van der Waals surface area contributed by atoms with E-state index in [0.717, 1.165) is 5.69 Å². The fourth-order valence-electron chi connectivity index (χ4n) is 2.75. The number of carbonyl (C=O) groups excluding carboxylic acids is 2. The summed E-state index contributed by atoms with van der Waals surface area (Å²) >= 11 is 0. The fraction of sp³-hybridized carbons (Fsp3) is 0.190. The lowest BCUT2D eigenvalue weighted by Crippen LogP contribution is -2.26. The van der Waals surface area contributed by atoms with Gasteiger partial charge in [-0.2, -0.15) is 5.10 Å². The standard InChI is InChI=1S/C21H21FN4O2/c1-3-20(27)23-19-13-18(24-26(19)17-10-5-4-6-11-17)21(28)25(2)14-15-8-7-9-16(22)12-15/h4-13H,3,14H2,1-2H3,(H,23,27). The van der Waals surface area contributed by atoms with Gasteiger partial charge in [0.25, 0.3) is 5.91 Å². The number of hydrogen-bond acceptors (Lipinski definition) is 3. The van der Waals surface area contributed by atoms with Crippen LogP contribution in [0.5, 0.6) is 0 Å². The largest absolute Gasteiger partial charge is 0.336 e. The zero-order valence-corrected chi connectivity index (χ0v) is 15.7. The number of nitrogens with one attached hydrogen (secondary N) is 1. The van der Waals surface area contributed by atoms with Crippen LogP contribution in [0.15, 0.2) is 60.7 Å². The molecule has 0 aliphatic heterocycles. The van der Waals surface area contributed by atoms with Gasteiger partial charge in [-0.3, -0.25) is 9.59 Å². The molecule has 0 bridgehead atoms. The van der Waals surface area contributed by atoms with E-state index in [-0.39, 0.29) is 29.9 Å². The fourth-order valence-corrected chi connectivity index (χ4v) is 2.75. The molecular weight excluding hydrogens is 359 g/mol. The second-order valence-corrected chi connectivity index (χ2v) is 6.36. The smallest absolute Gasteiger partial charge is 0.274 e. The van der Waals surface area contributed by atoms with Crippen LogP contribution in [-0.4, -0.2) is 33.5 Å². The lowest BCUT2D eigenvalue weighted by molar-refractivity contribution is -0.115. The number of amides is 2. The Bertz CT molecular complexity index is 985. The third-order valence-corrected chi connectivity index (χ3v) is 4.17. The monoisotopic (exact) mass is 380 g/mol. The molecule has 1 heterocycles. The molecule has 0 spiro atoms. The van der Waals surface area contributed by atoms with Gasteiger partial charge in [0.2, 0.25) is 5.91 Å². The van der Waals surface area contributed by atoms with E-state index >= 15 is 0 Å². The van der Waals surface area contributed by atoms with Gasteiger partial charge in [0, 0.05) is 26.1 Å². The first-order valence-corrected chi connectivity index (χ1v) is 8.93. The molecule has 0 aliphatic carbocycles. The summed E-state index contributed by atoms with van der Waals surface area (Å²) in [6.07, 6.45) is 0.308. The number of nitrogens with zero attached hydrogens (tertiary/aromatic N) is 3. The number of hydrogen-bond donors (Lipinski definition) is 1. The van der Waals surface area contributed by atoms with Crippen molar-refractivity contribution in [1.29, 1.82) is 0 Å². The topological polar surface area (TPSA) is 67.2 Å². The van der Waals surface area contributed by atoms with Crippen molar-refractivity contribution in [2.75, 3.05) is 12.4 Å². The predicted molar refractivity (Wildman–Crippen MR) is 105 cm³/mol. The second kappa shape index (κ2) is 8.47. The van der Waals surface area contributed by atoms with Crippen molar-refractivity contribution in [3.8, 4) is 5.69 Å². The molecule has 0 fully saturated rings. The first-order valence-electron chi connectivity index (χ1n) is 8.93. The van der Waals surface area contributed by atoms with Gasteiger partial charge in [0.05, 0.1) is 5.69 Å². The molecule has 0 unspecified atom stereocenters. The van der Waals surface area contributed by atoms with Crippen LogP contribution in [0.25, 0.3) is 5.69 Å². The SMILES string of the molecule is CCC(=O)Nc1cc(C(=O)N(C)Cc2cccc(F)c2)nn1-c1ccccc1. The molecule has 1 N–H and O–H groups in total. The van der Waals surface area contributed by atoms with Crippen LogP contribution >= 0.6 is 0 Å². The lowest BCUT2D eigenvalue weighted by Gasteiger charge is -2.15. The molecule has 3 rings (SSSR count). The Morgan fingerprint density at radius 1 is 1.11 bits per heavy atom. The molecule has 0 aliphatic rings. The number of benzene rings is 2. The molecule has 2 amide bonds. The van der Waals surface area contributed by atoms with Gasteiger partial charge in [0.15, 0.2) is 5.69 Å². The van der Waals surface area contributed by atoms with Crippen molar-refractivity contribution in [2.45, 2.75) is 19.9 Å². The molecule has 144 valence electrons. The molecule has 0 radical (unpaired) electrons. The molecule has 2 aromatic carbocycles. The number of aromatic nitrogens is 2. The highest BCUT2D eigenvalue weighted by atomic mass is 19.1. The van der Waals surface area contributed by atoms with Crippen LogP contribution in [0.3, 0.4) is 0 Å². The summed E-state index contributed by atoms with van der Waals surface area (Å²) in [5.74, 6) is -0.438. The van der Waals surface area contributed by atoms with Crippen molar-refractivity contribution in [2.24, 2.45) is 0 Å². The third-order valence-electron chi connectivity index (χ3n) is 4.17. The minimum atomic E-state index is -0.351. The van der Waals surface area contributed by atoms with Crippen molar-refractivity contribution < 1.29 is 14.0 Å². The maximum absolute atomic E-state index is 13.4. The molecule has 0 saturated carbocycles. The van der Waals surface area contributed by atoms with Crippen molar-refractivity contribution in [3.05, 3.63) is 77.7 Å². The third kappa shape index (κ3) is 4.43. The summed E-state index contributed by atoms with van der Waals surface area (Å²) in [6.45, 7) is 1.99. The lowest BCUT2D eigenvalue weighted by atomic mass is 10.2. The Hall–Kier alpha value is -3.48. The quantitative estimate of drug-likeness (QED) is 0.710. The molecule has 6 nitrogen and oxygen atoms in total. The molecule has 3 aromatic rings. The Morgan fingerprint density at radius 3 is 2.54 bits per heavy atom. The first-order chi connectivity index (χ1) is 13.5. The maximum atomic E-state index is 13.4. The zero-order chi connectivity index (χ0) is 20.1. The minimum Gasteiger partial charge on any atom is -0.336 e. The number of para-hydroxylation sites is 1. The predicted octanol–water partition coefficient (Wildman–Crippen LogP) is 3.63. The summed E-state index contributed by atoms with van der Waals surface area (Å²) in [6, 6.07) is 16.9. The number of carbonyl (C=O) groups is 2. The van der Waals surface area contributed by atoms with Gasteiger partial charge >= 0.3 is 0 Å². The highest BCUT2D eigenvalue weighted by molar-refractivity contribution is 5.95. The highest BCUT2D eigenvalue weighted by Crippen LogP contribution is 2.19. The maximum Gasteiger partial charge on any atom is 0.274 e. The van der Waals surface area contributed by atoms with Crippen LogP contribution in [-0.2, 0) is 11.3 Å². The summed E-state index contributed by atoms with van der Waals surface area (Å²) in [4.78, 5) is 26.2. The van der Waals surface area contributed by atoms with Crippen molar-refractivity contribution in [3.63, 3.8) is 0 Å². The van der Waals surface area contributed by atoms with Gasteiger partial charge in [-0.25, -0.2) is 9.07 Å². The summed E-state index contributed by atoms with van der Waals surface area (Å²) in [5, 5.41) is 7.16. The van der Waals surface area contributed by atoms with Crippen LogP contribution in [0.4, 0.5) is 10.2 Å². The van der Waals surface area contributed by atoms with Crippen LogP contribution < -0.4 is 5.32 Å². The number of rotatable bonds is 6. The van der Waals surface area contributed by atoms with Gasteiger partial charge < -0.3 is 10.2 Å². The Balaban J connectivity index is 1.88. The Labute approximate surface area is 162 Å². The summed E-state index contributed by atoms with van der Waals surface area (Å²) < 4.78 is 14.9. The van der Waals surface area contributed by atoms with Gasteiger partial charge in [-0.1, -0.05) is 37.3 Å². The number of anilines is 1. The normalized spacial score (nSPS) is 10.5. The van der Waals surface area contributed by atoms with Gasteiger partial charge in [-0.05, 0) is 29.8 Å². The van der Waals surface area contributed by atoms with Crippen molar-refractivity contribution in [1.82, 2.24) is 14.7 Å². The van der Waals surface area contributed by atoms with Gasteiger partial charge in [-0.15, -0.1) is 0 Å². The van der Waals surface area contributed by atoms with E-state index in [0.29, 0.717) is 17.8 Å². The summed E-state index contributed by atoms with van der Waals surface area (Å²) in [7, 11) is 1.62. The van der Waals surface area contributed by atoms with Crippen LogP contribution in [0.1, 0.15) is 29.4 Å². The van der Waals surface area contributed by atoms with E-state index in [1.807, 2.05) is 30.3 Å². The second-order valence-electron chi connectivity index (χ2n) is 6.36. The van der Waals surface area contributed by atoms with Crippen molar-refractivity contribution >= 4 is 17.6 Å². The molecule has 0 atom stereocenters. The van der Waals surface area contributed by atoms with E-state index < -0.39 is 0 Å². The minimum absolute atomic E-state index is 0.177. The highest BCUT2D eigenvalue weighted by Gasteiger charge is 2.20. The molecule has 1 aromatic heterocycles. The first kappa shape index (κ1) is 19.3. The average molecular weight is 380 g/mol. The Kier molecular flexibility index (Phi) is 5.84. The van der Waals surface area contributed by atoms with Crippen LogP contribution in [0, 0.1) is 5.82 Å². The van der Waals surface area contributed by atoms with E-state index in [4.69, 9.17) is 0 Å². The molecule has 28 heavy (non-hydrogen) atoms. The van der Waals surface area contributed by atoms with E-state index in [2.05, 4.69) is 10.4 Å². The number of halogens is 1. The zero-order valence-electron chi connectivity index (χ0n) is 15.7. The van der Waals surface area contributed by atoms with E-state index in [9.17, 15) is 14.0 Å². The average Bonchev–Trinajstić information content (AvgIpc) is 3.11. The van der Waals surface area contributed by atoms with Crippen LogP contribution in [0.2, 0.25) is 0 Å².